The average Bonchev–Trinajstić information content (AvgIpc) is 3.12. The Morgan fingerprint density at radius 3 is 2.96 bits per heavy atom. The molecule has 0 aliphatic carbocycles. The first kappa shape index (κ1) is 17.0. The van der Waals surface area contributed by atoms with Gasteiger partial charge in [0, 0.05) is 24.3 Å². The summed E-state index contributed by atoms with van der Waals surface area (Å²) >= 11 is 1.80. The van der Waals surface area contributed by atoms with Crippen LogP contribution in [-0.4, -0.2) is 39.0 Å². The maximum absolute atomic E-state index is 12.6. The molecule has 0 bridgehead atoms. The molecule has 0 radical (unpaired) electrons. The van der Waals surface area contributed by atoms with E-state index in [1.807, 2.05) is 35.2 Å². The van der Waals surface area contributed by atoms with Gasteiger partial charge in [0.25, 0.3) is 0 Å². The summed E-state index contributed by atoms with van der Waals surface area (Å²) in [5, 5.41) is 4.10. The summed E-state index contributed by atoms with van der Waals surface area (Å²) in [6, 6.07) is 9.70. The second-order valence-corrected chi connectivity index (χ2v) is 7.26. The molecule has 1 fully saturated rings. The minimum atomic E-state index is -0.0807. The Balaban J connectivity index is 1.74. The quantitative estimate of drug-likeness (QED) is 0.742. The molecule has 1 amide bonds. The number of thioether (sulfide) groups is 1. The van der Waals surface area contributed by atoms with Gasteiger partial charge in [-0.3, -0.25) is 4.79 Å². The molecule has 1 aromatic carbocycles. The summed E-state index contributed by atoms with van der Waals surface area (Å²) in [7, 11) is 0. The summed E-state index contributed by atoms with van der Waals surface area (Å²) in [5.41, 5.74) is 0.931. The van der Waals surface area contributed by atoms with E-state index in [-0.39, 0.29) is 11.9 Å². The van der Waals surface area contributed by atoms with Crippen LogP contribution in [0.3, 0.4) is 0 Å². The number of benzene rings is 1. The standard InChI is InChI=1S/C18H23N3O2S/c1-2-24-13-11-16(22)21-12-7-6-10-15(21)18-19-17(20-23-18)14-8-4-3-5-9-14/h3-5,8-9,15H,2,6-7,10-13H2,1H3/t15-/m0/s1. The molecule has 6 heteroatoms. The highest BCUT2D eigenvalue weighted by Crippen LogP contribution is 2.31. The summed E-state index contributed by atoms with van der Waals surface area (Å²) in [6.45, 7) is 2.89. The molecule has 1 aromatic heterocycles. The van der Waals surface area contributed by atoms with E-state index >= 15 is 0 Å². The highest BCUT2D eigenvalue weighted by Gasteiger charge is 2.31. The second-order valence-electron chi connectivity index (χ2n) is 5.87. The van der Waals surface area contributed by atoms with Gasteiger partial charge in [0.05, 0.1) is 0 Å². The Morgan fingerprint density at radius 1 is 1.33 bits per heavy atom. The molecule has 1 aliphatic rings. The van der Waals surface area contributed by atoms with Crippen molar-refractivity contribution in [2.45, 2.75) is 38.6 Å². The van der Waals surface area contributed by atoms with Gasteiger partial charge in [-0.1, -0.05) is 42.4 Å². The van der Waals surface area contributed by atoms with Gasteiger partial charge in [-0.25, -0.2) is 0 Å². The first-order chi connectivity index (χ1) is 11.8. The van der Waals surface area contributed by atoms with Crippen molar-refractivity contribution < 1.29 is 9.32 Å². The highest BCUT2D eigenvalue weighted by molar-refractivity contribution is 7.99. The van der Waals surface area contributed by atoms with E-state index in [0.29, 0.717) is 18.1 Å². The monoisotopic (exact) mass is 345 g/mol. The van der Waals surface area contributed by atoms with Crippen LogP contribution in [0.15, 0.2) is 34.9 Å². The number of amides is 1. The van der Waals surface area contributed by atoms with Crippen LogP contribution >= 0.6 is 11.8 Å². The smallest absolute Gasteiger partial charge is 0.249 e. The predicted molar refractivity (Wildman–Crippen MR) is 95.7 cm³/mol. The number of hydrogen-bond acceptors (Lipinski definition) is 5. The van der Waals surface area contributed by atoms with Crippen molar-refractivity contribution in [2.75, 3.05) is 18.1 Å². The van der Waals surface area contributed by atoms with Gasteiger partial charge in [0.1, 0.15) is 6.04 Å². The lowest BCUT2D eigenvalue weighted by Gasteiger charge is -2.33. The van der Waals surface area contributed by atoms with Gasteiger partial charge < -0.3 is 9.42 Å². The number of carbonyl (C=O) groups is 1. The zero-order chi connectivity index (χ0) is 16.8. The SMILES string of the molecule is CCSCCC(=O)N1CCCC[C@H]1c1nc(-c2ccccc2)no1. The van der Waals surface area contributed by atoms with Crippen molar-refractivity contribution in [3.8, 4) is 11.4 Å². The third-order valence-corrected chi connectivity index (χ3v) is 5.15. The van der Waals surface area contributed by atoms with E-state index in [1.54, 1.807) is 11.8 Å². The predicted octanol–water partition coefficient (Wildman–Crippen LogP) is 3.93. The van der Waals surface area contributed by atoms with Crippen molar-refractivity contribution in [1.29, 1.82) is 0 Å². The number of carbonyl (C=O) groups excluding carboxylic acids is 1. The van der Waals surface area contributed by atoms with Crippen molar-refractivity contribution in [2.24, 2.45) is 0 Å². The molecule has 1 aliphatic heterocycles. The topological polar surface area (TPSA) is 59.2 Å². The van der Waals surface area contributed by atoms with Crippen molar-refractivity contribution in [1.82, 2.24) is 15.0 Å². The number of aromatic nitrogens is 2. The highest BCUT2D eigenvalue weighted by atomic mass is 32.2. The first-order valence-corrected chi connectivity index (χ1v) is 9.71. The molecular weight excluding hydrogens is 322 g/mol. The third-order valence-electron chi connectivity index (χ3n) is 4.25. The second kappa shape index (κ2) is 8.33. The van der Waals surface area contributed by atoms with E-state index in [2.05, 4.69) is 17.1 Å². The molecular formula is C18H23N3O2S. The van der Waals surface area contributed by atoms with E-state index < -0.39 is 0 Å². The maximum Gasteiger partial charge on any atom is 0.249 e. The van der Waals surface area contributed by atoms with Crippen molar-refractivity contribution in [3.05, 3.63) is 36.2 Å². The largest absolute Gasteiger partial charge is 0.337 e. The average molecular weight is 345 g/mol. The minimum Gasteiger partial charge on any atom is -0.337 e. The zero-order valence-corrected chi connectivity index (χ0v) is 14.8. The molecule has 2 aromatic rings. The number of piperidine rings is 1. The van der Waals surface area contributed by atoms with Gasteiger partial charge in [0.2, 0.25) is 17.6 Å². The van der Waals surface area contributed by atoms with E-state index in [4.69, 9.17) is 4.52 Å². The van der Waals surface area contributed by atoms with Crippen LogP contribution < -0.4 is 0 Å². The number of nitrogens with zero attached hydrogens (tertiary/aromatic N) is 3. The van der Waals surface area contributed by atoms with E-state index in [9.17, 15) is 4.79 Å². The summed E-state index contributed by atoms with van der Waals surface area (Å²) in [4.78, 5) is 19.0. The van der Waals surface area contributed by atoms with Gasteiger partial charge in [0.15, 0.2) is 0 Å². The summed E-state index contributed by atoms with van der Waals surface area (Å²) in [5.74, 6) is 3.26. The summed E-state index contributed by atoms with van der Waals surface area (Å²) < 4.78 is 5.50. The molecule has 0 unspecified atom stereocenters. The molecule has 3 rings (SSSR count). The third kappa shape index (κ3) is 3.98. The van der Waals surface area contributed by atoms with Gasteiger partial charge in [-0.2, -0.15) is 16.7 Å². The van der Waals surface area contributed by atoms with Gasteiger partial charge in [-0.05, 0) is 25.0 Å². The lowest BCUT2D eigenvalue weighted by Crippen LogP contribution is -2.38. The molecule has 0 N–H and O–H groups in total. The fourth-order valence-electron chi connectivity index (χ4n) is 3.01. The molecule has 128 valence electrons. The lowest BCUT2D eigenvalue weighted by molar-refractivity contribution is -0.135. The van der Waals surface area contributed by atoms with E-state index in [0.717, 1.165) is 42.9 Å². The molecule has 1 atom stereocenters. The maximum atomic E-state index is 12.6. The fraction of sp³-hybridized carbons (Fsp3) is 0.500. The molecule has 2 heterocycles. The Hall–Kier alpha value is -1.82. The lowest BCUT2D eigenvalue weighted by atomic mass is 10.0. The summed E-state index contributed by atoms with van der Waals surface area (Å²) in [6.07, 6.45) is 3.60. The molecule has 0 spiro atoms. The fourth-order valence-corrected chi connectivity index (χ4v) is 3.62. The molecule has 24 heavy (non-hydrogen) atoms. The van der Waals surface area contributed by atoms with Crippen molar-refractivity contribution >= 4 is 17.7 Å². The Labute approximate surface area is 146 Å². The molecule has 1 saturated heterocycles. The van der Waals surface area contributed by atoms with Crippen LogP contribution in [0.2, 0.25) is 0 Å². The van der Waals surface area contributed by atoms with Crippen LogP contribution in [-0.2, 0) is 4.79 Å². The van der Waals surface area contributed by atoms with Crippen molar-refractivity contribution in [3.63, 3.8) is 0 Å². The van der Waals surface area contributed by atoms with Gasteiger partial charge in [-0.15, -0.1) is 0 Å². The van der Waals surface area contributed by atoms with Crippen LogP contribution in [0.25, 0.3) is 11.4 Å². The molecule has 0 saturated carbocycles. The van der Waals surface area contributed by atoms with E-state index in [1.165, 1.54) is 0 Å². The van der Waals surface area contributed by atoms with Crippen LogP contribution in [0.4, 0.5) is 0 Å². The van der Waals surface area contributed by atoms with Gasteiger partial charge >= 0.3 is 0 Å². The molecule has 5 nitrogen and oxygen atoms in total. The normalized spacial score (nSPS) is 17.9. The number of rotatable bonds is 6. The Bertz CT molecular complexity index is 659. The zero-order valence-electron chi connectivity index (χ0n) is 14.0. The minimum absolute atomic E-state index is 0.0807. The van der Waals surface area contributed by atoms with Crippen LogP contribution in [0.5, 0.6) is 0 Å². The Morgan fingerprint density at radius 2 is 2.17 bits per heavy atom. The number of likely N-dealkylation sites (tertiary alicyclic amines) is 1. The first-order valence-electron chi connectivity index (χ1n) is 8.56. The van der Waals surface area contributed by atoms with Crippen LogP contribution in [0, 0.1) is 0 Å². The Kier molecular flexibility index (Phi) is 5.91. The van der Waals surface area contributed by atoms with Crippen LogP contribution in [0.1, 0.15) is 44.5 Å². The number of hydrogen-bond donors (Lipinski definition) is 0.